The Bertz CT molecular complexity index is 508. The molecule has 1 rings (SSSR count). The largest absolute Gasteiger partial charge is 0.361 e. The molecule has 2 atom stereocenters. The SMILES string of the molecule is CCCCCCCOP(=O)(OCC(C)CC(C)(C)C)c1ccccc1. The molecule has 0 fully saturated rings. The molecule has 0 N–H and O–H groups in total. The van der Waals surface area contributed by atoms with Crippen LogP contribution < -0.4 is 5.30 Å². The Hall–Kier alpha value is -0.630. The average Bonchev–Trinajstić information content (AvgIpc) is 2.55. The first-order valence-electron chi connectivity index (χ1n) is 9.71. The van der Waals surface area contributed by atoms with E-state index in [1.54, 1.807) is 0 Å². The van der Waals surface area contributed by atoms with Gasteiger partial charge >= 0.3 is 7.60 Å². The van der Waals surface area contributed by atoms with E-state index < -0.39 is 7.60 Å². The zero-order valence-electron chi connectivity index (χ0n) is 16.8. The van der Waals surface area contributed by atoms with Crippen molar-refractivity contribution in [2.75, 3.05) is 13.2 Å². The predicted octanol–water partition coefficient (Wildman–Crippen LogP) is 6.58. The molecule has 2 unspecified atom stereocenters. The zero-order valence-corrected chi connectivity index (χ0v) is 17.7. The normalized spacial score (nSPS) is 15.7. The Kier molecular flexibility index (Phi) is 10.0. The smallest absolute Gasteiger partial charge is 0.305 e. The number of unbranched alkanes of at least 4 members (excludes halogenated alkanes) is 4. The topological polar surface area (TPSA) is 35.5 Å². The summed E-state index contributed by atoms with van der Waals surface area (Å²) in [5, 5.41) is 0.659. The highest BCUT2D eigenvalue weighted by atomic mass is 31.2. The summed E-state index contributed by atoms with van der Waals surface area (Å²) >= 11 is 0. The lowest BCUT2D eigenvalue weighted by atomic mass is 9.86. The summed E-state index contributed by atoms with van der Waals surface area (Å²) in [6, 6.07) is 9.36. The first-order chi connectivity index (χ1) is 11.8. The van der Waals surface area contributed by atoms with Gasteiger partial charge in [0.05, 0.1) is 18.5 Å². The van der Waals surface area contributed by atoms with E-state index in [1.165, 1.54) is 19.3 Å². The van der Waals surface area contributed by atoms with Gasteiger partial charge in [-0.15, -0.1) is 0 Å². The van der Waals surface area contributed by atoms with Crippen LogP contribution >= 0.6 is 7.60 Å². The van der Waals surface area contributed by atoms with E-state index in [4.69, 9.17) is 9.05 Å². The van der Waals surface area contributed by atoms with E-state index >= 15 is 0 Å². The molecule has 0 aromatic heterocycles. The molecule has 3 nitrogen and oxygen atoms in total. The summed E-state index contributed by atoms with van der Waals surface area (Å²) in [6.45, 7) is 11.9. The van der Waals surface area contributed by atoms with Crippen LogP contribution in [-0.4, -0.2) is 13.2 Å². The van der Waals surface area contributed by atoms with Crippen LogP contribution in [0.1, 0.15) is 73.1 Å². The fraction of sp³-hybridized carbons (Fsp3) is 0.714. The molecule has 0 heterocycles. The summed E-state index contributed by atoms with van der Waals surface area (Å²) in [6.07, 6.45) is 6.74. The fourth-order valence-corrected chi connectivity index (χ4v) is 4.75. The van der Waals surface area contributed by atoms with Crippen LogP contribution in [0.2, 0.25) is 0 Å². The summed E-state index contributed by atoms with van der Waals surface area (Å²) < 4.78 is 25.0. The lowest BCUT2D eigenvalue weighted by Gasteiger charge is -2.25. The van der Waals surface area contributed by atoms with Crippen LogP contribution in [0.5, 0.6) is 0 Å². The third-order valence-electron chi connectivity index (χ3n) is 4.07. The molecule has 1 aromatic rings. The molecule has 0 saturated carbocycles. The lowest BCUT2D eigenvalue weighted by molar-refractivity contribution is 0.167. The van der Waals surface area contributed by atoms with Gasteiger partial charge in [0.1, 0.15) is 0 Å². The highest BCUT2D eigenvalue weighted by Gasteiger charge is 2.28. The van der Waals surface area contributed by atoms with Gasteiger partial charge in [0.15, 0.2) is 0 Å². The van der Waals surface area contributed by atoms with Crippen molar-refractivity contribution in [1.29, 1.82) is 0 Å². The first kappa shape index (κ1) is 22.4. The van der Waals surface area contributed by atoms with Crippen molar-refractivity contribution >= 4 is 12.9 Å². The summed E-state index contributed by atoms with van der Waals surface area (Å²) in [5.41, 5.74) is 0.236. The lowest BCUT2D eigenvalue weighted by Crippen LogP contribution is -2.18. The first-order valence-corrected chi connectivity index (χ1v) is 11.3. The molecule has 0 amide bonds. The Balaban J connectivity index is 2.62. The maximum Gasteiger partial charge on any atom is 0.361 e. The zero-order chi connectivity index (χ0) is 18.8. The second kappa shape index (κ2) is 11.2. The van der Waals surface area contributed by atoms with Crippen molar-refractivity contribution in [3.05, 3.63) is 30.3 Å². The van der Waals surface area contributed by atoms with E-state index in [2.05, 4.69) is 34.6 Å². The minimum absolute atomic E-state index is 0.236. The Labute approximate surface area is 155 Å². The molecular weight excluding hydrogens is 331 g/mol. The van der Waals surface area contributed by atoms with E-state index in [0.29, 0.717) is 24.4 Å². The molecule has 0 aliphatic carbocycles. The molecule has 144 valence electrons. The fourth-order valence-electron chi connectivity index (χ4n) is 3.02. The van der Waals surface area contributed by atoms with Crippen molar-refractivity contribution in [2.24, 2.45) is 11.3 Å². The predicted molar refractivity (Wildman–Crippen MR) is 108 cm³/mol. The van der Waals surface area contributed by atoms with Crippen LogP contribution in [0.15, 0.2) is 30.3 Å². The Morgan fingerprint density at radius 3 is 2.24 bits per heavy atom. The quantitative estimate of drug-likeness (QED) is 0.309. The van der Waals surface area contributed by atoms with Crippen LogP contribution in [-0.2, 0) is 13.6 Å². The molecule has 0 aliphatic heterocycles. The molecule has 1 aromatic carbocycles. The summed E-state index contributed by atoms with van der Waals surface area (Å²) in [7, 11) is -3.25. The number of hydrogen-bond acceptors (Lipinski definition) is 3. The third-order valence-corrected chi connectivity index (χ3v) is 6.01. The monoisotopic (exact) mass is 368 g/mol. The molecule has 4 heteroatoms. The van der Waals surface area contributed by atoms with Gasteiger partial charge in [-0.3, -0.25) is 4.57 Å². The van der Waals surface area contributed by atoms with Gasteiger partial charge in [-0.1, -0.05) is 78.5 Å². The highest BCUT2D eigenvalue weighted by molar-refractivity contribution is 7.62. The van der Waals surface area contributed by atoms with Gasteiger partial charge in [-0.25, -0.2) is 0 Å². The van der Waals surface area contributed by atoms with E-state index in [9.17, 15) is 4.57 Å². The maximum absolute atomic E-state index is 13.3. The molecule has 0 bridgehead atoms. The summed E-state index contributed by atoms with van der Waals surface area (Å²) in [5.74, 6) is 0.338. The Morgan fingerprint density at radius 1 is 1.00 bits per heavy atom. The van der Waals surface area contributed by atoms with Crippen LogP contribution in [0.25, 0.3) is 0 Å². The maximum atomic E-state index is 13.3. The Morgan fingerprint density at radius 2 is 1.64 bits per heavy atom. The minimum atomic E-state index is -3.25. The summed E-state index contributed by atoms with van der Waals surface area (Å²) in [4.78, 5) is 0. The van der Waals surface area contributed by atoms with E-state index in [0.717, 1.165) is 19.3 Å². The number of rotatable bonds is 12. The van der Waals surface area contributed by atoms with Gasteiger partial charge in [0.25, 0.3) is 0 Å². The van der Waals surface area contributed by atoms with Gasteiger partial charge in [0, 0.05) is 0 Å². The van der Waals surface area contributed by atoms with Gasteiger partial charge in [0.2, 0.25) is 0 Å². The second-order valence-corrected chi connectivity index (χ2v) is 10.3. The molecule has 0 spiro atoms. The van der Waals surface area contributed by atoms with Gasteiger partial charge in [-0.05, 0) is 36.3 Å². The molecule has 25 heavy (non-hydrogen) atoms. The second-order valence-electron chi connectivity index (χ2n) is 8.25. The van der Waals surface area contributed by atoms with Gasteiger partial charge < -0.3 is 9.05 Å². The number of benzene rings is 1. The van der Waals surface area contributed by atoms with Gasteiger partial charge in [-0.2, -0.15) is 0 Å². The minimum Gasteiger partial charge on any atom is -0.305 e. The van der Waals surface area contributed by atoms with Crippen LogP contribution in [0, 0.1) is 11.3 Å². The van der Waals surface area contributed by atoms with Crippen molar-refractivity contribution in [3.8, 4) is 0 Å². The van der Waals surface area contributed by atoms with Crippen molar-refractivity contribution in [1.82, 2.24) is 0 Å². The van der Waals surface area contributed by atoms with Crippen molar-refractivity contribution in [2.45, 2.75) is 73.1 Å². The van der Waals surface area contributed by atoms with E-state index in [-0.39, 0.29) is 5.41 Å². The molecular formula is C21H37O3P. The van der Waals surface area contributed by atoms with Crippen molar-refractivity contribution in [3.63, 3.8) is 0 Å². The average molecular weight is 368 g/mol. The van der Waals surface area contributed by atoms with E-state index in [1.807, 2.05) is 30.3 Å². The standard InChI is InChI=1S/C21H37O3P/c1-6-7-8-9-13-16-23-25(22,20-14-11-10-12-15-20)24-18-19(2)17-21(3,4)5/h10-12,14-15,19H,6-9,13,16-18H2,1-5H3. The molecule has 0 saturated heterocycles. The van der Waals surface area contributed by atoms with Crippen molar-refractivity contribution < 1.29 is 13.6 Å². The number of hydrogen-bond donors (Lipinski definition) is 0. The molecule has 0 aliphatic rings. The highest BCUT2D eigenvalue weighted by Crippen LogP contribution is 2.47. The van der Waals surface area contributed by atoms with Crippen LogP contribution in [0.4, 0.5) is 0 Å². The third kappa shape index (κ3) is 9.58. The molecule has 0 radical (unpaired) electrons. The van der Waals surface area contributed by atoms with Crippen LogP contribution in [0.3, 0.4) is 0 Å².